The van der Waals surface area contributed by atoms with Crippen molar-refractivity contribution >= 4 is 0 Å². The van der Waals surface area contributed by atoms with Crippen molar-refractivity contribution < 1.29 is 9.84 Å². The van der Waals surface area contributed by atoms with E-state index < -0.39 is 0 Å². The van der Waals surface area contributed by atoms with E-state index in [-0.39, 0.29) is 0 Å². The topological polar surface area (TPSA) is 32.7 Å². The maximum absolute atomic E-state index is 9.96. The highest BCUT2D eigenvalue weighted by molar-refractivity contribution is 5.44. The molecule has 0 saturated heterocycles. The number of aromatic hydroxyl groups is 1. The monoisotopic (exact) mass is 263 g/mol. The summed E-state index contributed by atoms with van der Waals surface area (Å²) in [5.41, 5.74) is 2.44. The zero-order valence-corrected chi connectivity index (χ0v) is 12.2. The Morgan fingerprint density at radius 3 is 2.95 bits per heavy atom. The lowest BCUT2D eigenvalue weighted by atomic mass is 10.0. The molecule has 1 aromatic carbocycles. The first-order valence-corrected chi connectivity index (χ1v) is 7.24. The zero-order chi connectivity index (χ0) is 13.8. The summed E-state index contributed by atoms with van der Waals surface area (Å²) in [7, 11) is 1.75. The van der Waals surface area contributed by atoms with E-state index in [9.17, 15) is 5.11 Å². The number of rotatable bonds is 6. The quantitative estimate of drug-likeness (QED) is 0.856. The first-order chi connectivity index (χ1) is 9.19. The summed E-state index contributed by atoms with van der Waals surface area (Å²) < 4.78 is 5.25. The Bertz CT molecular complexity index is 419. The molecule has 1 aliphatic rings. The highest BCUT2D eigenvalue weighted by Crippen LogP contribution is 2.40. The van der Waals surface area contributed by atoms with Gasteiger partial charge in [-0.2, -0.15) is 0 Å². The summed E-state index contributed by atoms with van der Waals surface area (Å²) in [5.74, 6) is 0.454. The fourth-order valence-electron chi connectivity index (χ4n) is 3.07. The van der Waals surface area contributed by atoms with Crippen molar-refractivity contribution in [3.05, 3.63) is 29.3 Å². The molecular weight excluding hydrogens is 238 g/mol. The lowest BCUT2D eigenvalue weighted by molar-refractivity contribution is 0.0878. The smallest absolute Gasteiger partial charge is 0.119 e. The highest BCUT2D eigenvalue weighted by atomic mass is 16.5. The van der Waals surface area contributed by atoms with Gasteiger partial charge in [0.2, 0.25) is 0 Å². The fourth-order valence-corrected chi connectivity index (χ4v) is 3.07. The number of methoxy groups -OCH3 is 1. The Balaban J connectivity index is 2.23. The predicted molar refractivity (Wildman–Crippen MR) is 77.5 cm³/mol. The average molecular weight is 263 g/mol. The van der Waals surface area contributed by atoms with Crippen molar-refractivity contribution in [1.82, 2.24) is 4.90 Å². The molecule has 2 atom stereocenters. The van der Waals surface area contributed by atoms with Gasteiger partial charge in [0.05, 0.1) is 6.61 Å². The Kier molecular flexibility index (Phi) is 4.83. The van der Waals surface area contributed by atoms with Gasteiger partial charge in [0, 0.05) is 25.7 Å². The van der Waals surface area contributed by atoms with Gasteiger partial charge in [-0.3, -0.25) is 4.90 Å². The van der Waals surface area contributed by atoms with Crippen molar-refractivity contribution in [2.75, 3.05) is 20.3 Å². The summed E-state index contributed by atoms with van der Waals surface area (Å²) in [5, 5.41) is 9.96. The molecule has 106 valence electrons. The van der Waals surface area contributed by atoms with Crippen LogP contribution in [0.25, 0.3) is 0 Å². The Hall–Kier alpha value is -1.06. The van der Waals surface area contributed by atoms with Crippen LogP contribution in [-0.2, 0) is 11.2 Å². The first kappa shape index (κ1) is 14.4. The standard InChI is InChI=1S/C16H25NO2/c1-4-12(2)17(10-11-19-3)15-9-8-14-13(15)6-5-7-16(14)18/h5-7,12,15,18H,4,8-11H2,1-3H3. The molecule has 0 heterocycles. The molecule has 0 amide bonds. The minimum atomic E-state index is 0.423. The van der Waals surface area contributed by atoms with Crippen LogP contribution in [-0.4, -0.2) is 36.3 Å². The van der Waals surface area contributed by atoms with Crippen molar-refractivity contribution in [3.8, 4) is 5.75 Å². The highest BCUT2D eigenvalue weighted by Gasteiger charge is 2.31. The predicted octanol–water partition coefficient (Wildman–Crippen LogP) is 3.13. The number of phenols is 1. The molecule has 0 fully saturated rings. The summed E-state index contributed by atoms with van der Waals surface area (Å²) >= 11 is 0. The van der Waals surface area contributed by atoms with Gasteiger partial charge in [0.25, 0.3) is 0 Å². The number of phenolic OH excluding ortho intramolecular Hbond substituents is 1. The van der Waals surface area contributed by atoms with Crippen molar-refractivity contribution in [1.29, 1.82) is 0 Å². The minimum Gasteiger partial charge on any atom is -0.508 e. The van der Waals surface area contributed by atoms with Crippen LogP contribution in [0.5, 0.6) is 5.75 Å². The molecular formula is C16H25NO2. The zero-order valence-electron chi connectivity index (χ0n) is 12.2. The third-order valence-electron chi connectivity index (χ3n) is 4.33. The number of hydrogen-bond acceptors (Lipinski definition) is 3. The lowest BCUT2D eigenvalue weighted by Crippen LogP contribution is -2.37. The van der Waals surface area contributed by atoms with Gasteiger partial charge >= 0.3 is 0 Å². The van der Waals surface area contributed by atoms with Gasteiger partial charge in [0.15, 0.2) is 0 Å². The van der Waals surface area contributed by atoms with E-state index in [1.807, 2.05) is 6.07 Å². The third kappa shape index (κ3) is 2.93. The van der Waals surface area contributed by atoms with Gasteiger partial charge in [-0.15, -0.1) is 0 Å². The molecule has 0 radical (unpaired) electrons. The molecule has 1 aliphatic carbocycles. The van der Waals surface area contributed by atoms with E-state index in [1.54, 1.807) is 13.2 Å². The molecule has 0 aromatic heterocycles. The van der Waals surface area contributed by atoms with E-state index >= 15 is 0 Å². The van der Waals surface area contributed by atoms with Gasteiger partial charge in [-0.25, -0.2) is 0 Å². The fraction of sp³-hybridized carbons (Fsp3) is 0.625. The van der Waals surface area contributed by atoms with Crippen LogP contribution < -0.4 is 0 Å². The Morgan fingerprint density at radius 2 is 2.26 bits per heavy atom. The molecule has 2 unspecified atom stereocenters. The van der Waals surface area contributed by atoms with E-state index in [0.29, 0.717) is 17.8 Å². The second-order valence-electron chi connectivity index (χ2n) is 5.39. The maximum Gasteiger partial charge on any atom is 0.119 e. The summed E-state index contributed by atoms with van der Waals surface area (Å²) in [6.07, 6.45) is 3.21. The van der Waals surface area contributed by atoms with Crippen LogP contribution in [0, 0.1) is 0 Å². The van der Waals surface area contributed by atoms with Gasteiger partial charge in [-0.1, -0.05) is 19.1 Å². The molecule has 3 nitrogen and oxygen atoms in total. The summed E-state index contributed by atoms with van der Waals surface area (Å²) in [4.78, 5) is 2.52. The van der Waals surface area contributed by atoms with Crippen molar-refractivity contribution in [3.63, 3.8) is 0 Å². The van der Waals surface area contributed by atoms with Crippen LogP contribution in [0.3, 0.4) is 0 Å². The molecule has 0 aliphatic heterocycles. The summed E-state index contributed by atoms with van der Waals surface area (Å²) in [6, 6.07) is 6.87. The number of fused-ring (bicyclic) bond motifs is 1. The van der Waals surface area contributed by atoms with Crippen LogP contribution >= 0.6 is 0 Å². The number of nitrogens with zero attached hydrogens (tertiary/aromatic N) is 1. The second kappa shape index (κ2) is 6.40. The average Bonchev–Trinajstić information content (AvgIpc) is 2.84. The molecule has 2 rings (SSSR count). The number of benzene rings is 1. The van der Waals surface area contributed by atoms with Gasteiger partial charge < -0.3 is 9.84 Å². The van der Waals surface area contributed by atoms with E-state index in [2.05, 4.69) is 24.8 Å². The molecule has 1 N–H and O–H groups in total. The van der Waals surface area contributed by atoms with Crippen LogP contribution in [0.15, 0.2) is 18.2 Å². The lowest BCUT2D eigenvalue weighted by Gasteiger charge is -2.34. The van der Waals surface area contributed by atoms with Crippen LogP contribution in [0.2, 0.25) is 0 Å². The van der Waals surface area contributed by atoms with E-state index in [4.69, 9.17) is 4.74 Å². The number of hydrogen-bond donors (Lipinski definition) is 1. The molecule has 0 saturated carbocycles. The Labute approximate surface area is 116 Å². The van der Waals surface area contributed by atoms with Crippen molar-refractivity contribution in [2.45, 2.75) is 45.2 Å². The molecule has 3 heteroatoms. The normalized spacial score (nSPS) is 19.7. The van der Waals surface area contributed by atoms with Crippen LogP contribution in [0.1, 0.15) is 43.9 Å². The molecule has 0 bridgehead atoms. The minimum absolute atomic E-state index is 0.423. The maximum atomic E-state index is 9.96. The van der Waals surface area contributed by atoms with Crippen LogP contribution in [0.4, 0.5) is 0 Å². The molecule has 0 spiro atoms. The SMILES string of the molecule is CCC(C)N(CCOC)C1CCc2c(O)cccc21. The number of ether oxygens (including phenoxy) is 1. The van der Waals surface area contributed by atoms with Crippen molar-refractivity contribution in [2.24, 2.45) is 0 Å². The third-order valence-corrected chi connectivity index (χ3v) is 4.33. The van der Waals surface area contributed by atoms with E-state index in [0.717, 1.165) is 38.0 Å². The van der Waals surface area contributed by atoms with E-state index in [1.165, 1.54) is 5.56 Å². The second-order valence-corrected chi connectivity index (χ2v) is 5.39. The van der Waals surface area contributed by atoms with Gasteiger partial charge in [0.1, 0.15) is 5.75 Å². The van der Waals surface area contributed by atoms with Gasteiger partial charge in [-0.05, 0) is 43.4 Å². The Morgan fingerprint density at radius 1 is 1.47 bits per heavy atom. The molecule has 19 heavy (non-hydrogen) atoms. The molecule has 1 aromatic rings. The first-order valence-electron chi connectivity index (χ1n) is 7.24. The summed E-state index contributed by atoms with van der Waals surface area (Å²) in [6.45, 7) is 6.21. The largest absolute Gasteiger partial charge is 0.508 e.